The summed E-state index contributed by atoms with van der Waals surface area (Å²) in [6.07, 6.45) is 3.47. The summed E-state index contributed by atoms with van der Waals surface area (Å²) in [5, 5.41) is 1.11. The zero-order valence-electron chi connectivity index (χ0n) is 22.6. The first kappa shape index (κ1) is 24.8. The van der Waals surface area contributed by atoms with E-state index in [4.69, 9.17) is 14.7 Å². The predicted molar refractivity (Wildman–Crippen MR) is 153 cm³/mol. The molecule has 7 nitrogen and oxygen atoms in total. The van der Waals surface area contributed by atoms with E-state index >= 15 is 0 Å². The molecule has 0 N–H and O–H groups in total. The molecule has 2 aromatic carbocycles. The van der Waals surface area contributed by atoms with E-state index in [1.807, 2.05) is 48.0 Å². The van der Waals surface area contributed by atoms with Gasteiger partial charge in [0.25, 0.3) is 5.91 Å². The molecule has 1 aliphatic heterocycles. The molecule has 8 heteroatoms. The minimum Gasteiger partial charge on any atom is -0.487 e. The molecule has 0 saturated heterocycles. The number of pyridine rings is 1. The van der Waals surface area contributed by atoms with Gasteiger partial charge in [-0.2, -0.15) is 0 Å². The van der Waals surface area contributed by atoms with Gasteiger partial charge < -0.3 is 18.8 Å². The van der Waals surface area contributed by atoms with Crippen LogP contribution < -0.4 is 4.74 Å². The fourth-order valence-corrected chi connectivity index (χ4v) is 5.81. The fraction of sp³-hybridized carbons (Fsp3) is 0.344. The Hall–Kier alpha value is -4.20. The Kier molecular flexibility index (Phi) is 6.25. The summed E-state index contributed by atoms with van der Waals surface area (Å²) in [5.74, 6) is 2.24. The molecule has 2 aliphatic rings. The Morgan fingerprint density at radius 3 is 2.70 bits per heavy atom. The van der Waals surface area contributed by atoms with E-state index < -0.39 is 6.67 Å². The van der Waals surface area contributed by atoms with Crippen LogP contribution in [-0.4, -0.2) is 49.7 Å². The number of rotatable bonds is 9. The van der Waals surface area contributed by atoms with Crippen molar-refractivity contribution in [3.8, 4) is 17.3 Å². The molecule has 7 rings (SSSR count). The van der Waals surface area contributed by atoms with Crippen molar-refractivity contribution in [3.05, 3.63) is 77.5 Å². The second-order valence-corrected chi connectivity index (χ2v) is 11.0. The summed E-state index contributed by atoms with van der Waals surface area (Å²) in [4.78, 5) is 24.8. The number of nitrogens with zero attached hydrogens (tertiary/aromatic N) is 5. The second kappa shape index (κ2) is 10.1. The van der Waals surface area contributed by atoms with Gasteiger partial charge in [-0.15, -0.1) is 0 Å². The molecular weight excluding hydrogens is 505 g/mol. The number of hydrogen-bond donors (Lipinski definition) is 0. The maximum atomic E-state index is 13.1. The van der Waals surface area contributed by atoms with E-state index in [0.29, 0.717) is 49.5 Å². The Labute approximate surface area is 232 Å². The van der Waals surface area contributed by atoms with Crippen LogP contribution in [0, 0.1) is 5.92 Å². The monoisotopic (exact) mass is 537 g/mol. The summed E-state index contributed by atoms with van der Waals surface area (Å²) in [6, 6.07) is 20.5. The molecule has 0 bridgehead atoms. The number of fused-ring (bicyclic) bond motifs is 3. The van der Waals surface area contributed by atoms with Crippen molar-refractivity contribution in [1.29, 1.82) is 0 Å². The van der Waals surface area contributed by atoms with Crippen LogP contribution in [0.3, 0.4) is 0 Å². The molecule has 5 aromatic rings. The SMILES string of the molecule is Cn1c(-c2cc3cccc(OCc4ccccc4)c3n2CC2CC2)nc2cc3c(nc21)CCN(CCCF)C3=O. The number of alkyl halides is 1. The molecule has 1 amide bonds. The van der Waals surface area contributed by atoms with Crippen LogP contribution in [0.4, 0.5) is 4.39 Å². The standard InChI is InChI=1S/C32H32FN5O2/c1-36-30-26(18-24-25(34-30)13-16-37(32(24)39)15-6-14-33)35-31(36)27-17-23-9-5-10-28(29(23)38(27)19-21-11-12-21)40-20-22-7-3-2-4-8-22/h2-5,7-10,17-18,21H,6,11-16,19-20H2,1H3. The molecule has 0 unspecified atom stereocenters. The molecule has 0 radical (unpaired) electrons. The van der Waals surface area contributed by atoms with Crippen molar-refractivity contribution < 1.29 is 13.9 Å². The average molecular weight is 538 g/mol. The summed E-state index contributed by atoms with van der Waals surface area (Å²) in [7, 11) is 1.99. The number of imidazole rings is 1. The van der Waals surface area contributed by atoms with Crippen LogP contribution in [0.2, 0.25) is 0 Å². The number of hydrogen-bond acceptors (Lipinski definition) is 4. The number of benzene rings is 2. The first-order valence-corrected chi connectivity index (χ1v) is 14.1. The van der Waals surface area contributed by atoms with Crippen molar-refractivity contribution in [2.24, 2.45) is 13.0 Å². The Morgan fingerprint density at radius 1 is 1.05 bits per heavy atom. The third-order valence-electron chi connectivity index (χ3n) is 8.11. The molecule has 3 aromatic heterocycles. The van der Waals surface area contributed by atoms with Crippen LogP contribution in [-0.2, 0) is 26.6 Å². The van der Waals surface area contributed by atoms with E-state index in [1.165, 1.54) is 12.8 Å². The highest BCUT2D eigenvalue weighted by Gasteiger charge is 2.29. The molecule has 1 aliphatic carbocycles. The number of amides is 1. The molecule has 0 atom stereocenters. The maximum absolute atomic E-state index is 13.1. The third kappa shape index (κ3) is 4.41. The first-order valence-electron chi connectivity index (χ1n) is 14.1. The van der Waals surface area contributed by atoms with Crippen LogP contribution in [0.5, 0.6) is 5.75 Å². The number of carbonyl (C=O) groups is 1. The van der Waals surface area contributed by atoms with Gasteiger partial charge in [0.15, 0.2) is 11.5 Å². The molecule has 204 valence electrons. The fourth-order valence-electron chi connectivity index (χ4n) is 5.81. The van der Waals surface area contributed by atoms with E-state index in [9.17, 15) is 9.18 Å². The number of ether oxygens (including phenoxy) is 1. The summed E-state index contributed by atoms with van der Waals surface area (Å²) >= 11 is 0. The zero-order chi connectivity index (χ0) is 27.2. The van der Waals surface area contributed by atoms with E-state index in [1.54, 1.807) is 4.90 Å². The Morgan fingerprint density at radius 2 is 1.90 bits per heavy atom. The summed E-state index contributed by atoms with van der Waals surface area (Å²) in [6.45, 7) is 1.97. The highest BCUT2D eigenvalue weighted by molar-refractivity contribution is 5.99. The van der Waals surface area contributed by atoms with Crippen molar-refractivity contribution in [1.82, 2.24) is 24.0 Å². The van der Waals surface area contributed by atoms with Gasteiger partial charge >= 0.3 is 0 Å². The van der Waals surface area contributed by atoms with Crippen molar-refractivity contribution in [2.75, 3.05) is 19.8 Å². The lowest BCUT2D eigenvalue weighted by atomic mass is 10.0. The molecule has 4 heterocycles. The molecular formula is C32H32FN5O2. The van der Waals surface area contributed by atoms with Crippen LogP contribution >= 0.6 is 0 Å². The number of carbonyl (C=O) groups excluding carboxylic acids is 1. The Bertz CT molecular complexity index is 1720. The van der Waals surface area contributed by atoms with Crippen molar-refractivity contribution in [3.63, 3.8) is 0 Å². The molecule has 40 heavy (non-hydrogen) atoms. The quantitative estimate of drug-likeness (QED) is 0.234. The highest BCUT2D eigenvalue weighted by atomic mass is 19.1. The van der Waals surface area contributed by atoms with Gasteiger partial charge in [0.2, 0.25) is 0 Å². The highest BCUT2D eigenvalue weighted by Crippen LogP contribution is 2.39. The van der Waals surface area contributed by atoms with Crippen molar-refractivity contribution >= 4 is 28.0 Å². The van der Waals surface area contributed by atoms with Crippen molar-refractivity contribution in [2.45, 2.75) is 38.8 Å². The molecule has 1 fully saturated rings. The zero-order valence-corrected chi connectivity index (χ0v) is 22.6. The van der Waals surface area contributed by atoms with E-state index in [-0.39, 0.29) is 5.91 Å². The lowest BCUT2D eigenvalue weighted by Gasteiger charge is -2.27. The van der Waals surface area contributed by atoms with Gasteiger partial charge in [-0.25, -0.2) is 9.97 Å². The maximum Gasteiger partial charge on any atom is 0.255 e. The second-order valence-electron chi connectivity index (χ2n) is 11.0. The predicted octanol–water partition coefficient (Wildman–Crippen LogP) is 5.94. The van der Waals surface area contributed by atoms with Gasteiger partial charge in [0, 0.05) is 38.5 Å². The number of halogens is 1. The van der Waals surface area contributed by atoms with Crippen LogP contribution in [0.1, 0.15) is 40.9 Å². The summed E-state index contributed by atoms with van der Waals surface area (Å²) in [5.41, 5.74) is 6.06. The summed E-state index contributed by atoms with van der Waals surface area (Å²) < 4.78 is 23.5. The normalized spacial score (nSPS) is 15.2. The number of aromatic nitrogens is 4. The van der Waals surface area contributed by atoms with Gasteiger partial charge in [-0.05, 0) is 48.9 Å². The van der Waals surface area contributed by atoms with Gasteiger partial charge in [-0.3, -0.25) is 9.18 Å². The first-order chi connectivity index (χ1) is 19.6. The topological polar surface area (TPSA) is 65.2 Å². The average Bonchev–Trinajstić information content (AvgIpc) is 3.65. The van der Waals surface area contributed by atoms with E-state index in [0.717, 1.165) is 51.6 Å². The minimum absolute atomic E-state index is 0.0839. The largest absolute Gasteiger partial charge is 0.487 e. The lowest BCUT2D eigenvalue weighted by Crippen LogP contribution is -2.38. The van der Waals surface area contributed by atoms with Gasteiger partial charge in [0.1, 0.15) is 17.9 Å². The van der Waals surface area contributed by atoms with Gasteiger partial charge in [-0.1, -0.05) is 42.5 Å². The molecule has 0 spiro atoms. The van der Waals surface area contributed by atoms with Gasteiger partial charge in [0.05, 0.1) is 29.1 Å². The molecule has 1 saturated carbocycles. The van der Waals surface area contributed by atoms with Crippen LogP contribution in [0.15, 0.2) is 60.7 Å². The van der Waals surface area contributed by atoms with Crippen LogP contribution in [0.25, 0.3) is 33.6 Å². The Balaban J connectivity index is 1.31. The number of para-hydroxylation sites is 1. The number of aryl methyl sites for hydroxylation is 1. The lowest BCUT2D eigenvalue weighted by molar-refractivity contribution is 0.0733. The van der Waals surface area contributed by atoms with E-state index in [2.05, 4.69) is 28.8 Å². The smallest absolute Gasteiger partial charge is 0.255 e. The minimum atomic E-state index is -0.425. The third-order valence-corrected chi connectivity index (χ3v) is 8.11.